The second kappa shape index (κ2) is 10.5. The van der Waals surface area contributed by atoms with Gasteiger partial charge in [-0.15, -0.1) is 0 Å². The molecule has 0 amide bonds. The van der Waals surface area contributed by atoms with E-state index in [1.807, 2.05) is 42.2 Å². The van der Waals surface area contributed by atoms with Gasteiger partial charge in [0.15, 0.2) is 0 Å². The number of fused-ring (bicyclic) bond motifs is 3. The van der Waals surface area contributed by atoms with E-state index < -0.39 is 25.9 Å². The van der Waals surface area contributed by atoms with Crippen LogP contribution >= 0.6 is 0 Å². The van der Waals surface area contributed by atoms with E-state index in [0.29, 0.717) is 17.1 Å². The van der Waals surface area contributed by atoms with Gasteiger partial charge in [-0.3, -0.25) is 4.90 Å². The van der Waals surface area contributed by atoms with Crippen molar-refractivity contribution in [3.05, 3.63) is 53.6 Å². The van der Waals surface area contributed by atoms with Gasteiger partial charge in [0, 0.05) is 23.7 Å². The number of nitrogens with zero attached hydrogens (tertiary/aromatic N) is 2. The Kier molecular flexibility index (Phi) is 7.43. The molecule has 0 spiro atoms. The van der Waals surface area contributed by atoms with Crippen LogP contribution in [-0.2, 0) is 15.9 Å². The molecule has 6 nitrogen and oxygen atoms in total. The highest BCUT2D eigenvalue weighted by molar-refractivity contribution is 6.02. The lowest BCUT2D eigenvalue weighted by Gasteiger charge is -2.40. The molecule has 0 radical (unpaired) electrons. The second-order valence-corrected chi connectivity index (χ2v) is 7.81. The van der Waals surface area contributed by atoms with Crippen LogP contribution in [0.4, 0.5) is 30.4 Å². The van der Waals surface area contributed by atoms with Crippen LogP contribution < -0.4 is 15.0 Å². The van der Waals surface area contributed by atoms with Gasteiger partial charge >= 0.3 is 0 Å². The first-order valence-corrected chi connectivity index (χ1v) is 11.2. The van der Waals surface area contributed by atoms with E-state index >= 15 is 0 Å². The molecular formula is C25H28F3N3O3. The monoisotopic (exact) mass is 475 g/mol. The molecule has 0 saturated carbocycles. The van der Waals surface area contributed by atoms with Crippen LogP contribution in [-0.4, -0.2) is 57.8 Å². The molecule has 2 aromatic carbocycles. The topological polar surface area (TPSA) is 55.9 Å². The Labute approximate surface area is 196 Å². The number of rotatable bonds is 11. The zero-order valence-corrected chi connectivity index (χ0v) is 19.2. The fraction of sp³-hybridized carbons (Fsp3) is 0.400. The summed E-state index contributed by atoms with van der Waals surface area (Å²) in [6, 6.07) is 13.1. The van der Waals surface area contributed by atoms with Crippen LogP contribution in [0, 0.1) is 6.92 Å². The number of hydrogen-bond acceptors (Lipinski definition) is 6. The van der Waals surface area contributed by atoms with Gasteiger partial charge in [-0.1, -0.05) is 30.3 Å². The molecule has 0 fully saturated rings. The maximum Gasteiger partial charge on any atom is 0.260 e. The van der Waals surface area contributed by atoms with Crippen molar-refractivity contribution < 1.29 is 27.4 Å². The minimum absolute atomic E-state index is 0.0998. The maximum atomic E-state index is 13.3. The number of aromatic nitrogens is 1. The van der Waals surface area contributed by atoms with Gasteiger partial charge in [-0.05, 0) is 24.6 Å². The summed E-state index contributed by atoms with van der Waals surface area (Å²) in [6.07, 6.45) is 0.186. The Morgan fingerprint density at radius 3 is 2.32 bits per heavy atom. The molecule has 0 unspecified atom stereocenters. The smallest absolute Gasteiger partial charge is 0.260 e. The third kappa shape index (κ3) is 4.25. The SMILES string of the molecule is CNc1nc2c(OCCF)cccc2c2c1CC(OCCF)(OCCF)N2c1ccccc1C. The third-order valence-corrected chi connectivity index (χ3v) is 5.75. The van der Waals surface area contributed by atoms with Gasteiger partial charge in [0.25, 0.3) is 5.91 Å². The van der Waals surface area contributed by atoms with Crippen LogP contribution in [0.15, 0.2) is 42.5 Å². The fourth-order valence-corrected chi connectivity index (χ4v) is 4.44. The Balaban J connectivity index is 2.02. The maximum absolute atomic E-state index is 13.3. The van der Waals surface area contributed by atoms with Crippen molar-refractivity contribution in [1.29, 1.82) is 0 Å². The van der Waals surface area contributed by atoms with Gasteiger partial charge in [-0.25, -0.2) is 18.2 Å². The van der Waals surface area contributed by atoms with Gasteiger partial charge in [0.1, 0.15) is 43.7 Å². The number of hydrogen-bond donors (Lipinski definition) is 1. The first-order valence-electron chi connectivity index (χ1n) is 11.2. The highest BCUT2D eigenvalue weighted by atomic mass is 19.1. The largest absolute Gasteiger partial charge is 0.489 e. The first kappa shape index (κ1) is 24.1. The minimum atomic E-state index is -1.48. The van der Waals surface area contributed by atoms with E-state index in [0.717, 1.165) is 27.9 Å². The zero-order chi connectivity index (χ0) is 24.1. The number of pyridine rings is 1. The lowest BCUT2D eigenvalue weighted by Crippen LogP contribution is -2.50. The molecule has 0 atom stereocenters. The summed E-state index contributed by atoms with van der Waals surface area (Å²) >= 11 is 0. The molecule has 9 heteroatoms. The number of ether oxygens (including phenoxy) is 3. The van der Waals surface area contributed by atoms with Crippen molar-refractivity contribution in [2.75, 3.05) is 57.1 Å². The normalized spacial score (nSPS) is 14.4. The van der Waals surface area contributed by atoms with Crippen molar-refractivity contribution in [3.63, 3.8) is 0 Å². The molecule has 0 bridgehead atoms. The Morgan fingerprint density at radius 2 is 1.68 bits per heavy atom. The molecule has 1 N–H and O–H groups in total. The summed E-state index contributed by atoms with van der Waals surface area (Å²) in [5.74, 6) is -0.498. The van der Waals surface area contributed by atoms with Gasteiger partial charge in [-0.2, -0.15) is 0 Å². The van der Waals surface area contributed by atoms with Crippen molar-refractivity contribution in [1.82, 2.24) is 4.98 Å². The van der Waals surface area contributed by atoms with Gasteiger partial charge < -0.3 is 19.5 Å². The average molecular weight is 476 g/mol. The van der Waals surface area contributed by atoms with Crippen LogP contribution in [0.5, 0.6) is 5.75 Å². The molecule has 1 aliphatic heterocycles. The standard InChI is InChI=1S/C25H28F3N3O3/c1-17-6-3-4-8-20(17)31-23-18-7-5-9-21(32-13-10-26)22(18)30-24(29-2)19(23)16-25(31,33-14-11-27)34-15-12-28/h3-9H,10-16H2,1-2H3,(H,29,30). The molecular weight excluding hydrogens is 447 g/mol. The summed E-state index contributed by atoms with van der Waals surface area (Å²) in [4.78, 5) is 6.60. The van der Waals surface area contributed by atoms with Crippen molar-refractivity contribution >= 4 is 28.1 Å². The van der Waals surface area contributed by atoms with Crippen LogP contribution in [0.2, 0.25) is 0 Å². The molecule has 3 aromatic rings. The number of nitrogens with one attached hydrogen (secondary N) is 1. The molecule has 4 rings (SSSR count). The van der Waals surface area contributed by atoms with Crippen LogP contribution in [0.3, 0.4) is 0 Å². The van der Waals surface area contributed by atoms with E-state index in [-0.39, 0.29) is 26.2 Å². The van der Waals surface area contributed by atoms with Crippen molar-refractivity contribution in [3.8, 4) is 5.75 Å². The number of halogens is 3. The molecule has 0 saturated heterocycles. The number of anilines is 3. The summed E-state index contributed by atoms with van der Waals surface area (Å²) in [5, 5.41) is 3.84. The molecule has 34 heavy (non-hydrogen) atoms. The quantitative estimate of drug-likeness (QED) is 0.382. The van der Waals surface area contributed by atoms with E-state index in [9.17, 15) is 13.2 Å². The van der Waals surface area contributed by atoms with Crippen LogP contribution in [0.1, 0.15) is 11.1 Å². The molecule has 0 aliphatic carbocycles. The third-order valence-electron chi connectivity index (χ3n) is 5.75. The number of para-hydroxylation sites is 2. The van der Waals surface area contributed by atoms with E-state index in [1.54, 1.807) is 19.2 Å². The zero-order valence-electron chi connectivity index (χ0n) is 19.2. The van der Waals surface area contributed by atoms with Gasteiger partial charge in [0.05, 0.1) is 25.3 Å². The molecule has 1 aliphatic rings. The first-order chi connectivity index (χ1) is 16.6. The summed E-state index contributed by atoms with van der Waals surface area (Å²) in [5.41, 5.74) is 3.73. The molecule has 2 heterocycles. The van der Waals surface area contributed by atoms with E-state index in [1.165, 1.54) is 0 Å². The van der Waals surface area contributed by atoms with Crippen LogP contribution in [0.25, 0.3) is 10.9 Å². The average Bonchev–Trinajstić information content (AvgIpc) is 3.20. The summed E-state index contributed by atoms with van der Waals surface area (Å²) < 4.78 is 57.1. The second-order valence-electron chi connectivity index (χ2n) is 7.81. The Morgan fingerprint density at radius 1 is 0.971 bits per heavy atom. The highest BCUT2D eigenvalue weighted by Crippen LogP contribution is 2.52. The minimum Gasteiger partial charge on any atom is -0.489 e. The van der Waals surface area contributed by atoms with Crippen molar-refractivity contribution in [2.45, 2.75) is 19.3 Å². The molecule has 182 valence electrons. The number of aryl methyl sites for hydroxylation is 1. The van der Waals surface area contributed by atoms with Crippen molar-refractivity contribution in [2.24, 2.45) is 0 Å². The Hall–Kier alpha value is -3.04. The predicted molar refractivity (Wildman–Crippen MR) is 126 cm³/mol. The number of alkyl halides is 3. The van der Waals surface area contributed by atoms with E-state index in [2.05, 4.69) is 5.32 Å². The fourth-order valence-electron chi connectivity index (χ4n) is 4.44. The number of benzene rings is 2. The van der Waals surface area contributed by atoms with Gasteiger partial charge in [0.2, 0.25) is 0 Å². The summed E-state index contributed by atoms with van der Waals surface area (Å²) in [6.45, 7) is -0.693. The lowest BCUT2D eigenvalue weighted by atomic mass is 10.1. The van der Waals surface area contributed by atoms with E-state index in [4.69, 9.17) is 19.2 Å². The highest BCUT2D eigenvalue weighted by Gasteiger charge is 2.50. The summed E-state index contributed by atoms with van der Waals surface area (Å²) in [7, 11) is 1.74. The predicted octanol–water partition coefficient (Wildman–Crippen LogP) is 5.25. The lowest BCUT2D eigenvalue weighted by molar-refractivity contribution is -0.229. The molecule has 1 aromatic heterocycles. The Bertz CT molecular complexity index is 1140.